The first-order chi connectivity index (χ1) is 17.2. The largest absolute Gasteiger partial charge is 0.340 e. The van der Waals surface area contributed by atoms with Crippen molar-refractivity contribution in [3.8, 4) is 28.3 Å². The Morgan fingerprint density at radius 1 is 1.06 bits per heavy atom. The van der Waals surface area contributed by atoms with Crippen molar-refractivity contribution < 1.29 is 13.6 Å². The monoisotopic (exact) mass is 484 g/mol. The topological polar surface area (TPSA) is 83.0 Å². The number of halogens is 2. The van der Waals surface area contributed by atoms with Crippen molar-refractivity contribution in [2.45, 2.75) is 26.3 Å². The smallest absolute Gasteiger partial charge is 0.255 e. The van der Waals surface area contributed by atoms with Crippen LogP contribution < -0.4 is 5.73 Å². The summed E-state index contributed by atoms with van der Waals surface area (Å²) in [7, 11) is 1.68. The molecule has 1 aromatic heterocycles. The van der Waals surface area contributed by atoms with E-state index in [4.69, 9.17) is 5.73 Å². The molecule has 5 nitrogen and oxygen atoms in total. The van der Waals surface area contributed by atoms with Crippen LogP contribution in [0.5, 0.6) is 0 Å². The molecule has 0 radical (unpaired) electrons. The first-order valence-electron chi connectivity index (χ1n) is 11.6. The zero-order valence-corrected chi connectivity index (χ0v) is 20.3. The van der Waals surface area contributed by atoms with Gasteiger partial charge >= 0.3 is 0 Å². The lowest BCUT2D eigenvalue weighted by atomic mass is 9.93. The van der Waals surface area contributed by atoms with Gasteiger partial charge in [-0.3, -0.25) is 9.78 Å². The first-order valence-corrected chi connectivity index (χ1v) is 11.6. The SMILES string of the molecule is CCC(N)CN(C)C(=O)c1c(-c2cc(C)cc(F)c2)cnc2ccc(-c3cc(F)cc(C#N)c3)cc12. The number of hydrogen-bond donors (Lipinski definition) is 1. The summed E-state index contributed by atoms with van der Waals surface area (Å²) in [5, 5.41) is 9.80. The number of nitrogens with zero attached hydrogens (tertiary/aromatic N) is 3. The Morgan fingerprint density at radius 2 is 1.78 bits per heavy atom. The number of nitriles is 1. The number of benzene rings is 3. The van der Waals surface area contributed by atoms with E-state index in [0.29, 0.717) is 57.2 Å². The number of aromatic nitrogens is 1. The van der Waals surface area contributed by atoms with Crippen molar-refractivity contribution >= 4 is 16.8 Å². The molecule has 1 unspecified atom stereocenters. The molecule has 0 bridgehead atoms. The summed E-state index contributed by atoms with van der Waals surface area (Å²) >= 11 is 0. The Bertz CT molecular complexity index is 1490. The van der Waals surface area contributed by atoms with Crippen LogP contribution in [0.3, 0.4) is 0 Å². The molecule has 0 spiro atoms. The first kappa shape index (κ1) is 25.0. The molecule has 1 heterocycles. The number of pyridine rings is 1. The number of nitrogens with two attached hydrogens (primary N) is 1. The number of fused-ring (bicyclic) bond motifs is 1. The van der Waals surface area contributed by atoms with E-state index in [1.165, 1.54) is 18.2 Å². The highest BCUT2D eigenvalue weighted by Crippen LogP contribution is 2.34. The number of carbonyl (C=O) groups excluding carboxylic acids is 1. The van der Waals surface area contributed by atoms with Crippen LogP contribution in [-0.4, -0.2) is 35.4 Å². The van der Waals surface area contributed by atoms with Crippen molar-refractivity contribution in [3.63, 3.8) is 0 Å². The summed E-state index contributed by atoms with van der Waals surface area (Å²) in [5.41, 5.74) is 10.1. The predicted octanol–water partition coefficient (Wildman–Crippen LogP) is 5.84. The zero-order valence-electron chi connectivity index (χ0n) is 20.3. The maximum absolute atomic E-state index is 14.3. The summed E-state index contributed by atoms with van der Waals surface area (Å²) in [6.45, 7) is 4.08. The fourth-order valence-electron chi connectivity index (χ4n) is 4.29. The van der Waals surface area contributed by atoms with Crippen LogP contribution in [0.25, 0.3) is 33.2 Å². The fourth-order valence-corrected chi connectivity index (χ4v) is 4.29. The van der Waals surface area contributed by atoms with Gasteiger partial charge in [-0.05, 0) is 78.1 Å². The van der Waals surface area contributed by atoms with Crippen LogP contribution >= 0.6 is 0 Å². The quantitative estimate of drug-likeness (QED) is 0.373. The molecular formula is C29H26F2N4O. The van der Waals surface area contributed by atoms with Crippen LogP contribution in [0.4, 0.5) is 8.78 Å². The number of aryl methyl sites for hydroxylation is 1. The second kappa shape index (κ2) is 10.2. The molecule has 0 fully saturated rings. The van der Waals surface area contributed by atoms with E-state index in [2.05, 4.69) is 4.98 Å². The normalized spacial score (nSPS) is 11.8. The highest BCUT2D eigenvalue weighted by Gasteiger charge is 2.23. The Labute approximate surface area is 208 Å². The van der Waals surface area contributed by atoms with Crippen molar-refractivity contribution in [3.05, 3.63) is 89.1 Å². The van der Waals surface area contributed by atoms with Gasteiger partial charge in [0.05, 0.1) is 22.7 Å². The van der Waals surface area contributed by atoms with E-state index in [-0.39, 0.29) is 17.5 Å². The lowest BCUT2D eigenvalue weighted by Crippen LogP contribution is -2.38. The molecule has 4 aromatic rings. The van der Waals surface area contributed by atoms with Gasteiger partial charge in [-0.2, -0.15) is 5.26 Å². The average molecular weight is 485 g/mol. The van der Waals surface area contributed by atoms with E-state index >= 15 is 0 Å². The number of rotatable bonds is 6. The molecule has 0 aliphatic heterocycles. The Balaban J connectivity index is 1.98. The van der Waals surface area contributed by atoms with Gasteiger partial charge in [0.15, 0.2) is 0 Å². The highest BCUT2D eigenvalue weighted by atomic mass is 19.1. The molecule has 1 amide bonds. The van der Waals surface area contributed by atoms with Gasteiger partial charge in [-0.1, -0.05) is 19.1 Å². The number of likely N-dealkylation sites (N-methyl/N-ethyl adjacent to an activating group) is 1. The van der Waals surface area contributed by atoms with Crippen LogP contribution in [0.15, 0.2) is 60.8 Å². The Kier molecular flexibility index (Phi) is 7.09. The molecule has 2 N–H and O–H groups in total. The fraction of sp³-hybridized carbons (Fsp3) is 0.207. The zero-order chi connectivity index (χ0) is 26.0. The molecular weight excluding hydrogens is 458 g/mol. The molecule has 4 rings (SSSR count). The summed E-state index contributed by atoms with van der Waals surface area (Å²) in [5.74, 6) is -1.23. The second-order valence-corrected chi connectivity index (χ2v) is 8.99. The molecule has 1 atom stereocenters. The predicted molar refractivity (Wildman–Crippen MR) is 137 cm³/mol. The van der Waals surface area contributed by atoms with Crippen molar-refractivity contribution in [1.29, 1.82) is 5.26 Å². The minimum atomic E-state index is -0.532. The molecule has 0 aliphatic carbocycles. The van der Waals surface area contributed by atoms with Gasteiger partial charge in [-0.15, -0.1) is 0 Å². The van der Waals surface area contributed by atoms with E-state index in [1.54, 1.807) is 55.4 Å². The summed E-state index contributed by atoms with van der Waals surface area (Å²) in [4.78, 5) is 19.9. The van der Waals surface area contributed by atoms with Gasteiger partial charge in [0.25, 0.3) is 5.91 Å². The van der Waals surface area contributed by atoms with Crippen LogP contribution in [0, 0.1) is 29.9 Å². The maximum Gasteiger partial charge on any atom is 0.255 e. The molecule has 0 aliphatic rings. The molecule has 7 heteroatoms. The molecule has 0 saturated heterocycles. The summed E-state index contributed by atoms with van der Waals surface area (Å²) < 4.78 is 28.5. The Morgan fingerprint density at radius 3 is 2.47 bits per heavy atom. The maximum atomic E-state index is 14.3. The van der Waals surface area contributed by atoms with Gasteiger partial charge in [0.1, 0.15) is 11.6 Å². The van der Waals surface area contributed by atoms with Gasteiger partial charge < -0.3 is 10.6 Å². The second-order valence-electron chi connectivity index (χ2n) is 8.99. The van der Waals surface area contributed by atoms with E-state index in [0.717, 1.165) is 6.07 Å². The lowest BCUT2D eigenvalue weighted by molar-refractivity contribution is 0.0788. The molecule has 3 aromatic carbocycles. The highest BCUT2D eigenvalue weighted by molar-refractivity contribution is 6.12. The van der Waals surface area contributed by atoms with Crippen molar-refractivity contribution in [2.24, 2.45) is 5.73 Å². The third-order valence-electron chi connectivity index (χ3n) is 6.17. The van der Waals surface area contributed by atoms with Crippen LogP contribution in [0.1, 0.15) is 34.8 Å². The standard InChI is InChI=1S/C29H26F2N4O/c1-4-24(33)16-35(3)29(36)28-25-13-19(20-9-18(14-32)10-23(31)11-20)5-6-27(25)34-15-26(28)21-7-17(2)8-22(30)12-21/h5-13,15,24H,4,16,33H2,1-3H3. The third-order valence-corrected chi connectivity index (χ3v) is 6.17. The van der Waals surface area contributed by atoms with Gasteiger partial charge in [0, 0.05) is 36.8 Å². The minimum absolute atomic E-state index is 0.191. The van der Waals surface area contributed by atoms with Crippen molar-refractivity contribution in [1.82, 2.24) is 9.88 Å². The van der Waals surface area contributed by atoms with E-state index in [9.17, 15) is 18.8 Å². The van der Waals surface area contributed by atoms with Crippen LogP contribution in [0.2, 0.25) is 0 Å². The Hall–Kier alpha value is -4.15. The summed E-state index contributed by atoms with van der Waals surface area (Å²) in [6, 6.07) is 15.7. The summed E-state index contributed by atoms with van der Waals surface area (Å²) in [6.07, 6.45) is 2.28. The number of amides is 1. The van der Waals surface area contributed by atoms with E-state index < -0.39 is 11.6 Å². The molecule has 36 heavy (non-hydrogen) atoms. The average Bonchev–Trinajstić information content (AvgIpc) is 2.86. The van der Waals surface area contributed by atoms with E-state index in [1.807, 2.05) is 13.0 Å². The van der Waals surface area contributed by atoms with Gasteiger partial charge in [0.2, 0.25) is 0 Å². The third kappa shape index (κ3) is 5.09. The molecule has 182 valence electrons. The minimum Gasteiger partial charge on any atom is -0.340 e. The van der Waals surface area contributed by atoms with Crippen molar-refractivity contribution in [2.75, 3.05) is 13.6 Å². The number of hydrogen-bond acceptors (Lipinski definition) is 4. The lowest BCUT2D eigenvalue weighted by Gasteiger charge is -2.23. The number of carbonyl (C=O) groups is 1. The molecule has 0 saturated carbocycles. The van der Waals surface area contributed by atoms with Crippen LogP contribution in [-0.2, 0) is 0 Å². The van der Waals surface area contributed by atoms with Gasteiger partial charge in [-0.25, -0.2) is 8.78 Å².